The first-order chi connectivity index (χ1) is 20.3. The Morgan fingerprint density at radius 1 is 1.12 bits per heavy atom. The van der Waals surface area contributed by atoms with Crippen molar-refractivity contribution in [3.05, 3.63) is 58.8 Å². The molecular weight excluding hydrogens is 546 g/mol. The number of benzene rings is 2. The van der Waals surface area contributed by atoms with Gasteiger partial charge in [-0.15, -0.1) is 0 Å². The molecule has 2 saturated heterocycles. The molecule has 6 nitrogen and oxygen atoms in total. The van der Waals surface area contributed by atoms with Crippen LogP contribution in [0.3, 0.4) is 0 Å². The van der Waals surface area contributed by atoms with Crippen molar-refractivity contribution in [3.8, 4) is 0 Å². The summed E-state index contributed by atoms with van der Waals surface area (Å²) < 4.78 is 67.7. The largest absolute Gasteiger partial charge is 0.380 e. The maximum absolute atomic E-state index is 16.0. The molecule has 1 unspecified atom stereocenters. The molecule has 1 N–H and O–H groups in total. The standard InChI is InChI=1S/C32H39F4N5O/c1-20-13-24-23(6-7-28-25(24)16-37-41(28)29-5-2-3-12-42-29)31(40(20)19-32(36)8-9-32)30-26(34)14-21(15-27(30)35)38-22-17-39(18-22)11-4-10-33/h6-7,14-16,20,22,29,31,38H,2-5,8-13,17-19H2,1H3/t20-,29?,31+/m1/s1. The summed E-state index contributed by atoms with van der Waals surface area (Å²) >= 11 is 0. The summed E-state index contributed by atoms with van der Waals surface area (Å²) in [6.07, 6.45) is 6.82. The summed E-state index contributed by atoms with van der Waals surface area (Å²) in [7, 11) is 0. The Morgan fingerprint density at radius 2 is 1.90 bits per heavy atom. The molecule has 1 saturated carbocycles. The van der Waals surface area contributed by atoms with E-state index in [2.05, 4.69) is 15.3 Å². The van der Waals surface area contributed by atoms with Gasteiger partial charge in [-0.2, -0.15) is 5.10 Å². The number of ether oxygens (including phenoxy) is 1. The number of halogens is 4. The van der Waals surface area contributed by atoms with Crippen LogP contribution < -0.4 is 5.32 Å². The minimum Gasteiger partial charge on any atom is -0.380 e. The van der Waals surface area contributed by atoms with Crippen molar-refractivity contribution in [1.82, 2.24) is 19.6 Å². The van der Waals surface area contributed by atoms with Crippen LogP contribution in [0.4, 0.5) is 23.2 Å². The van der Waals surface area contributed by atoms with Crippen LogP contribution in [0.1, 0.15) is 74.4 Å². The van der Waals surface area contributed by atoms with E-state index in [4.69, 9.17) is 4.74 Å². The Labute approximate surface area is 244 Å². The van der Waals surface area contributed by atoms with Gasteiger partial charge in [-0.1, -0.05) is 6.07 Å². The first-order valence-electron chi connectivity index (χ1n) is 15.4. The van der Waals surface area contributed by atoms with Gasteiger partial charge in [0.2, 0.25) is 0 Å². The summed E-state index contributed by atoms with van der Waals surface area (Å²) in [6, 6.07) is 5.81. The lowest BCUT2D eigenvalue weighted by Gasteiger charge is -2.43. The molecule has 4 heterocycles. The van der Waals surface area contributed by atoms with Crippen LogP contribution in [0.25, 0.3) is 10.9 Å². The minimum absolute atomic E-state index is 0.0434. The second-order valence-electron chi connectivity index (χ2n) is 12.8. The van der Waals surface area contributed by atoms with Gasteiger partial charge in [0.1, 0.15) is 17.3 Å². The number of nitrogens with one attached hydrogen (secondary N) is 1. The molecule has 226 valence electrons. The second-order valence-corrected chi connectivity index (χ2v) is 12.8. The highest BCUT2D eigenvalue weighted by atomic mass is 19.1. The predicted octanol–water partition coefficient (Wildman–Crippen LogP) is 6.31. The van der Waals surface area contributed by atoms with Crippen molar-refractivity contribution in [2.75, 3.05) is 44.8 Å². The topological polar surface area (TPSA) is 45.6 Å². The third kappa shape index (κ3) is 5.19. The van der Waals surface area contributed by atoms with Gasteiger partial charge < -0.3 is 10.1 Å². The van der Waals surface area contributed by atoms with Gasteiger partial charge in [0.15, 0.2) is 6.23 Å². The fourth-order valence-electron chi connectivity index (χ4n) is 7.15. The van der Waals surface area contributed by atoms with Gasteiger partial charge in [0.25, 0.3) is 0 Å². The van der Waals surface area contributed by atoms with Gasteiger partial charge in [-0.3, -0.25) is 14.2 Å². The van der Waals surface area contributed by atoms with Crippen molar-refractivity contribution in [3.63, 3.8) is 0 Å². The first-order valence-corrected chi connectivity index (χ1v) is 15.4. The molecule has 3 fully saturated rings. The molecule has 4 aliphatic rings. The van der Waals surface area contributed by atoms with Crippen molar-refractivity contribution < 1.29 is 22.3 Å². The zero-order chi connectivity index (χ0) is 29.0. The number of hydrogen-bond donors (Lipinski definition) is 1. The summed E-state index contributed by atoms with van der Waals surface area (Å²) in [5.41, 5.74) is 1.78. The summed E-state index contributed by atoms with van der Waals surface area (Å²) in [6.45, 7) is 4.62. The maximum atomic E-state index is 16.0. The van der Waals surface area contributed by atoms with Crippen LogP contribution in [-0.2, 0) is 11.2 Å². The SMILES string of the molecule is C[C@@H]1Cc2c(ccc3c2cnn3C2CCCCO2)[C@@H](c2c(F)cc(NC3CN(CCCF)C3)cc2F)N1CC1(F)CC1. The summed E-state index contributed by atoms with van der Waals surface area (Å²) in [5, 5.41) is 8.88. The van der Waals surface area contributed by atoms with E-state index in [0.717, 1.165) is 41.3 Å². The van der Waals surface area contributed by atoms with E-state index in [1.807, 2.05) is 34.8 Å². The van der Waals surface area contributed by atoms with E-state index in [9.17, 15) is 4.39 Å². The molecule has 10 heteroatoms. The van der Waals surface area contributed by atoms with Crippen molar-refractivity contribution in [2.45, 2.75) is 81.9 Å². The third-order valence-electron chi connectivity index (χ3n) is 9.60. The Bertz CT molecular complexity index is 1420. The van der Waals surface area contributed by atoms with E-state index in [0.29, 0.717) is 57.6 Å². The summed E-state index contributed by atoms with van der Waals surface area (Å²) in [4.78, 5) is 4.07. The zero-order valence-corrected chi connectivity index (χ0v) is 24.1. The number of alkyl halides is 2. The third-order valence-corrected chi connectivity index (χ3v) is 9.60. The first kappa shape index (κ1) is 28.1. The molecule has 1 aliphatic carbocycles. The molecule has 0 radical (unpaired) electrons. The summed E-state index contributed by atoms with van der Waals surface area (Å²) in [5.74, 6) is -1.28. The molecule has 0 spiro atoms. The average molecular weight is 586 g/mol. The van der Waals surface area contributed by atoms with E-state index in [1.165, 1.54) is 12.1 Å². The molecule has 2 aromatic carbocycles. The second kappa shape index (κ2) is 11.1. The lowest BCUT2D eigenvalue weighted by molar-refractivity contribution is -0.0366. The fourth-order valence-corrected chi connectivity index (χ4v) is 7.15. The van der Waals surface area contributed by atoms with Gasteiger partial charge in [-0.05, 0) is 81.2 Å². The van der Waals surface area contributed by atoms with Gasteiger partial charge in [0.05, 0.1) is 30.5 Å². The predicted molar refractivity (Wildman–Crippen MR) is 154 cm³/mol. The molecule has 0 amide bonds. The van der Waals surface area contributed by atoms with E-state index >= 15 is 13.2 Å². The number of aromatic nitrogens is 2. The molecule has 7 rings (SSSR count). The van der Waals surface area contributed by atoms with E-state index in [-0.39, 0.29) is 37.1 Å². The van der Waals surface area contributed by atoms with Crippen LogP contribution in [0.15, 0.2) is 30.5 Å². The molecule has 42 heavy (non-hydrogen) atoms. The highest BCUT2D eigenvalue weighted by Gasteiger charge is 2.49. The van der Waals surface area contributed by atoms with Crippen molar-refractivity contribution in [2.24, 2.45) is 0 Å². The van der Waals surface area contributed by atoms with E-state index < -0.39 is 23.3 Å². The normalized spacial score (nSPS) is 26.3. The van der Waals surface area contributed by atoms with Crippen LogP contribution in [0.5, 0.6) is 0 Å². The Kier molecular flexibility index (Phi) is 7.43. The lowest BCUT2D eigenvalue weighted by Crippen LogP contribution is -2.54. The zero-order valence-electron chi connectivity index (χ0n) is 24.1. The number of nitrogens with zero attached hydrogens (tertiary/aromatic N) is 4. The number of rotatable bonds is 9. The molecule has 3 aromatic rings. The quantitative estimate of drug-likeness (QED) is 0.299. The van der Waals surface area contributed by atoms with Crippen LogP contribution in [-0.4, -0.2) is 76.8 Å². The highest BCUT2D eigenvalue weighted by Crippen LogP contribution is 2.48. The molecule has 3 aliphatic heterocycles. The van der Waals surface area contributed by atoms with Gasteiger partial charge in [-0.25, -0.2) is 17.9 Å². The number of hydrogen-bond acceptors (Lipinski definition) is 5. The highest BCUT2D eigenvalue weighted by molar-refractivity contribution is 5.84. The average Bonchev–Trinajstić information content (AvgIpc) is 3.52. The smallest absolute Gasteiger partial charge is 0.150 e. The molecular formula is C32H39F4N5O. The Balaban J connectivity index is 1.23. The van der Waals surface area contributed by atoms with Gasteiger partial charge in [0, 0.05) is 55.5 Å². The van der Waals surface area contributed by atoms with Crippen molar-refractivity contribution >= 4 is 16.6 Å². The molecule has 0 bridgehead atoms. The Morgan fingerprint density at radius 3 is 2.60 bits per heavy atom. The van der Waals surface area contributed by atoms with Gasteiger partial charge >= 0.3 is 0 Å². The number of likely N-dealkylation sites (tertiary alicyclic amines) is 1. The number of anilines is 1. The monoisotopic (exact) mass is 585 g/mol. The maximum Gasteiger partial charge on any atom is 0.150 e. The van der Waals surface area contributed by atoms with E-state index in [1.54, 1.807) is 0 Å². The molecule has 3 atom stereocenters. The minimum atomic E-state index is -1.32. The number of fused-ring (bicyclic) bond motifs is 3. The van der Waals surface area contributed by atoms with Crippen LogP contribution in [0.2, 0.25) is 0 Å². The van der Waals surface area contributed by atoms with Crippen LogP contribution >= 0.6 is 0 Å². The van der Waals surface area contributed by atoms with Crippen molar-refractivity contribution in [1.29, 1.82) is 0 Å². The Hall–Kier alpha value is -2.69. The van der Waals surface area contributed by atoms with Crippen LogP contribution in [0, 0.1) is 11.6 Å². The fraction of sp³-hybridized carbons (Fsp3) is 0.594. The molecule has 1 aromatic heterocycles. The lowest BCUT2D eigenvalue weighted by atomic mass is 9.82.